The highest BCUT2D eigenvalue weighted by Gasteiger charge is 2.41. The number of carbonyl (C=O) groups excluding carboxylic acids is 2. The van der Waals surface area contributed by atoms with Crippen molar-refractivity contribution in [3.8, 4) is 0 Å². The summed E-state index contributed by atoms with van der Waals surface area (Å²) in [5, 5.41) is 3.15. The Labute approximate surface area is 131 Å². The molecule has 6 nitrogen and oxygen atoms in total. The van der Waals surface area contributed by atoms with Crippen molar-refractivity contribution >= 4 is 11.9 Å². The van der Waals surface area contributed by atoms with Gasteiger partial charge in [-0.3, -0.25) is 4.79 Å². The number of ether oxygens (including phenoxy) is 1. The fourth-order valence-corrected chi connectivity index (χ4v) is 4.29. The summed E-state index contributed by atoms with van der Waals surface area (Å²) in [5.41, 5.74) is 5.40. The molecule has 124 valence electrons. The number of primary amides is 1. The Bertz CT molecular complexity index is 448. The van der Waals surface area contributed by atoms with Crippen molar-refractivity contribution in [3.05, 3.63) is 0 Å². The second-order valence-corrected chi connectivity index (χ2v) is 7.27. The molecule has 1 unspecified atom stereocenters. The summed E-state index contributed by atoms with van der Waals surface area (Å²) in [4.78, 5) is 25.6. The van der Waals surface area contributed by atoms with Crippen LogP contribution in [-0.2, 0) is 9.53 Å². The van der Waals surface area contributed by atoms with E-state index in [2.05, 4.69) is 5.32 Å². The summed E-state index contributed by atoms with van der Waals surface area (Å²) in [6, 6.07) is 0.123. The molecular formula is C16H27N3O3. The van der Waals surface area contributed by atoms with Crippen molar-refractivity contribution < 1.29 is 14.3 Å². The first-order valence-corrected chi connectivity index (χ1v) is 8.48. The lowest BCUT2D eigenvalue weighted by Crippen LogP contribution is -2.50. The van der Waals surface area contributed by atoms with E-state index in [1.54, 1.807) is 4.90 Å². The topological polar surface area (TPSA) is 84.7 Å². The summed E-state index contributed by atoms with van der Waals surface area (Å²) in [7, 11) is 0. The van der Waals surface area contributed by atoms with Gasteiger partial charge in [0.2, 0.25) is 5.91 Å². The van der Waals surface area contributed by atoms with Crippen LogP contribution in [0.5, 0.6) is 0 Å². The van der Waals surface area contributed by atoms with Crippen LogP contribution < -0.4 is 11.1 Å². The third-order valence-corrected chi connectivity index (χ3v) is 5.60. The van der Waals surface area contributed by atoms with Gasteiger partial charge in [0.15, 0.2) is 0 Å². The Kier molecular flexibility index (Phi) is 4.30. The fraction of sp³-hybridized carbons (Fsp3) is 0.875. The first kappa shape index (κ1) is 15.6. The molecular weight excluding hydrogens is 282 g/mol. The zero-order valence-electron chi connectivity index (χ0n) is 13.3. The summed E-state index contributed by atoms with van der Waals surface area (Å²) in [6.07, 6.45) is 6.47. The Hall–Kier alpha value is -1.30. The van der Waals surface area contributed by atoms with E-state index >= 15 is 0 Å². The predicted octanol–water partition coefficient (Wildman–Crippen LogP) is 1.24. The number of rotatable bonds is 2. The fourth-order valence-electron chi connectivity index (χ4n) is 4.29. The first-order chi connectivity index (χ1) is 10.5. The van der Waals surface area contributed by atoms with Gasteiger partial charge in [-0.15, -0.1) is 0 Å². The lowest BCUT2D eigenvalue weighted by atomic mass is 9.89. The van der Waals surface area contributed by atoms with Gasteiger partial charge in [0.25, 0.3) is 0 Å². The minimum Gasteiger partial charge on any atom is -0.375 e. The summed E-state index contributed by atoms with van der Waals surface area (Å²) < 4.78 is 6.00. The average molecular weight is 309 g/mol. The van der Waals surface area contributed by atoms with Crippen LogP contribution in [0.1, 0.15) is 45.4 Å². The van der Waals surface area contributed by atoms with Crippen LogP contribution in [-0.4, -0.2) is 48.2 Å². The molecule has 0 aromatic carbocycles. The summed E-state index contributed by atoms with van der Waals surface area (Å²) in [6.45, 7) is 3.75. The van der Waals surface area contributed by atoms with E-state index in [0.29, 0.717) is 13.1 Å². The molecule has 22 heavy (non-hydrogen) atoms. The van der Waals surface area contributed by atoms with E-state index in [-0.39, 0.29) is 35.4 Å². The molecule has 1 aliphatic carbocycles. The van der Waals surface area contributed by atoms with Gasteiger partial charge in [0.1, 0.15) is 0 Å². The van der Waals surface area contributed by atoms with Crippen molar-refractivity contribution in [3.63, 3.8) is 0 Å². The molecule has 2 heterocycles. The number of amides is 3. The zero-order valence-corrected chi connectivity index (χ0v) is 13.3. The molecule has 3 rings (SSSR count). The lowest BCUT2D eigenvalue weighted by Gasteiger charge is -2.39. The van der Waals surface area contributed by atoms with E-state index in [4.69, 9.17) is 10.5 Å². The summed E-state index contributed by atoms with van der Waals surface area (Å²) in [5.74, 6) is -0.389. The predicted molar refractivity (Wildman–Crippen MR) is 82.1 cm³/mol. The van der Waals surface area contributed by atoms with Crippen molar-refractivity contribution in [2.45, 2.75) is 57.1 Å². The Morgan fingerprint density at radius 2 is 2.00 bits per heavy atom. The summed E-state index contributed by atoms with van der Waals surface area (Å²) >= 11 is 0. The second-order valence-electron chi connectivity index (χ2n) is 7.27. The highest BCUT2D eigenvalue weighted by molar-refractivity contribution is 5.80. The number of likely N-dealkylation sites (tertiary alicyclic amines) is 1. The molecule has 3 aliphatic rings. The maximum absolute atomic E-state index is 12.5. The van der Waals surface area contributed by atoms with E-state index in [0.717, 1.165) is 32.3 Å². The van der Waals surface area contributed by atoms with Crippen molar-refractivity contribution in [1.82, 2.24) is 10.2 Å². The number of hydrogen-bond acceptors (Lipinski definition) is 3. The molecule has 0 aromatic heterocycles. The van der Waals surface area contributed by atoms with Gasteiger partial charge in [-0.1, -0.05) is 19.8 Å². The maximum atomic E-state index is 12.5. The number of nitrogens with two attached hydrogens (primary N) is 1. The number of nitrogens with zero attached hydrogens (tertiary/aromatic N) is 1. The molecule has 1 saturated carbocycles. The van der Waals surface area contributed by atoms with Gasteiger partial charge in [-0.05, 0) is 31.6 Å². The smallest absolute Gasteiger partial charge is 0.317 e. The van der Waals surface area contributed by atoms with E-state index in [1.807, 2.05) is 6.92 Å². The molecule has 3 atom stereocenters. The van der Waals surface area contributed by atoms with E-state index in [9.17, 15) is 9.59 Å². The van der Waals surface area contributed by atoms with Crippen LogP contribution in [0.4, 0.5) is 4.79 Å². The van der Waals surface area contributed by atoms with Crippen LogP contribution in [0, 0.1) is 11.8 Å². The van der Waals surface area contributed by atoms with Gasteiger partial charge in [-0.2, -0.15) is 0 Å². The molecule has 3 fully saturated rings. The van der Waals surface area contributed by atoms with Gasteiger partial charge in [0.05, 0.1) is 11.5 Å². The number of nitrogens with one attached hydrogen (secondary N) is 1. The number of hydrogen-bond donors (Lipinski definition) is 2. The maximum Gasteiger partial charge on any atom is 0.317 e. The second kappa shape index (κ2) is 6.07. The monoisotopic (exact) mass is 309 g/mol. The molecule has 0 radical (unpaired) electrons. The van der Waals surface area contributed by atoms with Gasteiger partial charge < -0.3 is 20.7 Å². The highest BCUT2D eigenvalue weighted by Crippen LogP contribution is 2.40. The normalized spacial score (nSPS) is 34.0. The molecule has 3 N–H and O–H groups in total. The zero-order chi connectivity index (χ0) is 15.7. The SMILES string of the molecule is C[C@@H]1CN(C(=O)NC2CCOC3(CCCC3)C2)C[C@H]1C(N)=O. The van der Waals surface area contributed by atoms with Gasteiger partial charge >= 0.3 is 6.03 Å². The Morgan fingerprint density at radius 3 is 2.64 bits per heavy atom. The molecule has 2 saturated heterocycles. The number of urea groups is 1. The first-order valence-electron chi connectivity index (χ1n) is 8.48. The Balaban J connectivity index is 1.54. The standard InChI is InChI=1S/C16H27N3O3/c1-11-9-19(10-13(11)14(17)20)15(21)18-12-4-7-22-16(8-12)5-2-3-6-16/h11-13H,2-10H2,1H3,(H2,17,20)(H,18,21)/t11-,12?,13-/m1/s1. The molecule has 1 spiro atoms. The average Bonchev–Trinajstić information content (AvgIpc) is 3.06. The molecule has 0 bridgehead atoms. The van der Waals surface area contributed by atoms with Crippen LogP contribution in [0.15, 0.2) is 0 Å². The largest absolute Gasteiger partial charge is 0.375 e. The number of carbonyl (C=O) groups is 2. The van der Waals surface area contributed by atoms with Gasteiger partial charge in [0, 0.05) is 25.7 Å². The van der Waals surface area contributed by atoms with Crippen molar-refractivity contribution in [1.29, 1.82) is 0 Å². The third-order valence-electron chi connectivity index (χ3n) is 5.60. The Morgan fingerprint density at radius 1 is 1.27 bits per heavy atom. The van der Waals surface area contributed by atoms with Crippen LogP contribution >= 0.6 is 0 Å². The molecule has 6 heteroatoms. The minimum absolute atomic E-state index is 0.00422. The third kappa shape index (κ3) is 3.07. The lowest BCUT2D eigenvalue weighted by molar-refractivity contribution is -0.122. The van der Waals surface area contributed by atoms with Crippen molar-refractivity contribution in [2.75, 3.05) is 19.7 Å². The van der Waals surface area contributed by atoms with Crippen molar-refractivity contribution in [2.24, 2.45) is 17.6 Å². The van der Waals surface area contributed by atoms with Crippen LogP contribution in [0.3, 0.4) is 0 Å². The minimum atomic E-state index is -0.307. The molecule has 0 aromatic rings. The molecule has 3 amide bonds. The highest BCUT2D eigenvalue weighted by atomic mass is 16.5. The molecule has 2 aliphatic heterocycles. The van der Waals surface area contributed by atoms with E-state index in [1.165, 1.54) is 12.8 Å². The van der Waals surface area contributed by atoms with Gasteiger partial charge in [-0.25, -0.2) is 4.79 Å². The van der Waals surface area contributed by atoms with Crippen LogP contribution in [0.25, 0.3) is 0 Å². The quantitative estimate of drug-likeness (QED) is 0.805. The van der Waals surface area contributed by atoms with E-state index < -0.39 is 0 Å². The van der Waals surface area contributed by atoms with Crippen LogP contribution in [0.2, 0.25) is 0 Å².